The molecule has 0 radical (unpaired) electrons. The third-order valence-electron chi connectivity index (χ3n) is 2.58. The first-order chi connectivity index (χ1) is 5.41. The van der Waals surface area contributed by atoms with Crippen LogP contribution in [-0.2, 0) is 4.79 Å². The van der Waals surface area contributed by atoms with Gasteiger partial charge in [-0.1, -0.05) is 6.08 Å². The van der Waals surface area contributed by atoms with Crippen molar-refractivity contribution in [2.75, 3.05) is 0 Å². The normalized spacial score (nSPS) is 25.5. The van der Waals surface area contributed by atoms with Gasteiger partial charge in [-0.25, -0.2) is 0 Å². The van der Waals surface area contributed by atoms with E-state index in [1.807, 2.05) is 13.0 Å². The molecule has 0 aromatic carbocycles. The van der Waals surface area contributed by atoms with Crippen LogP contribution in [0.5, 0.6) is 0 Å². The maximum atomic E-state index is 11.3. The second-order valence-corrected chi connectivity index (χ2v) is 4.10. The number of hydrogen-bond acceptors (Lipinski definition) is 2. The summed E-state index contributed by atoms with van der Waals surface area (Å²) >= 11 is 0. The first-order valence-electron chi connectivity index (χ1n) is 4.33. The topological polar surface area (TPSA) is 37.3 Å². The summed E-state index contributed by atoms with van der Waals surface area (Å²) in [6.45, 7) is 5.36. The predicted octanol–water partition coefficient (Wildman–Crippen LogP) is 1.68. The molecular formula is C10H16O2. The number of carbonyl (C=O) groups excluding carboxylic acids is 1. The lowest BCUT2D eigenvalue weighted by Crippen LogP contribution is -2.34. The molecule has 1 aliphatic carbocycles. The summed E-state index contributed by atoms with van der Waals surface area (Å²) in [5.41, 5.74) is 0.114. The first kappa shape index (κ1) is 9.46. The summed E-state index contributed by atoms with van der Waals surface area (Å²) in [5, 5.41) is 9.66. The van der Waals surface area contributed by atoms with E-state index < -0.39 is 5.60 Å². The van der Waals surface area contributed by atoms with Gasteiger partial charge in [0.15, 0.2) is 5.78 Å². The number of ketones is 1. The fourth-order valence-corrected chi connectivity index (χ4v) is 1.44. The molecular weight excluding hydrogens is 152 g/mol. The van der Waals surface area contributed by atoms with Gasteiger partial charge < -0.3 is 5.11 Å². The van der Waals surface area contributed by atoms with E-state index in [0.29, 0.717) is 6.42 Å². The first-order valence-corrected chi connectivity index (χ1v) is 4.33. The smallest absolute Gasteiger partial charge is 0.158 e. The van der Waals surface area contributed by atoms with Crippen LogP contribution in [0.4, 0.5) is 0 Å². The Hall–Kier alpha value is -0.630. The number of carbonyl (C=O) groups is 1. The van der Waals surface area contributed by atoms with Crippen molar-refractivity contribution in [3.8, 4) is 0 Å². The lowest BCUT2D eigenvalue weighted by molar-refractivity contribution is -0.119. The fraction of sp³-hybridized carbons (Fsp3) is 0.700. The van der Waals surface area contributed by atoms with Gasteiger partial charge in [0.05, 0.1) is 5.60 Å². The second kappa shape index (κ2) is 3.02. The Morgan fingerprint density at radius 2 is 2.17 bits per heavy atom. The van der Waals surface area contributed by atoms with Gasteiger partial charge in [-0.2, -0.15) is 0 Å². The summed E-state index contributed by atoms with van der Waals surface area (Å²) in [4.78, 5) is 11.3. The van der Waals surface area contributed by atoms with Crippen molar-refractivity contribution >= 4 is 5.78 Å². The van der Waals surface area contributed by atoms with Crippen LogP contribution in [0.2, 0.25) is 0 Å². The molecule has 0 heterocycles. The van der Waals surface area contributed by atoms with Crippen molar-refractivity contribution in [2.45, 2.75) is 39.2 Å². The highest BCUT2D eigenvalue weighted by molar-refractivity contribution is 5.95. The van der Waals surface area contributed by atoms with E-state index >= 15 is 0 Å². The molecule has 1 aliphatic rings. The van der Waals surface area contributed by atoms with Gasteiger partial charge >= 0.3 is 0 Å². The standard InChI is InChI=1S/C10H16O2/c1-7-4-5-8(6-9(7)11)10(2,3)12/h4,8,12H,5-6H2,1-3H3/t8-/m1/s1. The SMILES string of the molecule is CC1=CC[C@@H](C(C)(C)O)CC1=O. The molecule has 0 fully saturated rings. The van der Waals surface area contributed by atoms with Crippen LogP contribution in [0, 0.1) is 5.92 Å². The van der Waals surface area contributed by atoms with Gasteiger partial charge in [0.1, 0.15) is 0 Å². The quantitative estimate of drug-likeness (QED) is 0.646. The minimum Gasteiger partial charge on any atom is -0.390 e. The molecule has 1 atom stereocenters. The van der Waals surface area contributed by atoms with E-state index in [4.69, 9.17) is 0 Å². The molecule has 12 heavy (non-hydrogen) atoms. The molecule has 0 aromatic heterocycles. The van der Waals surface area contributed by atoms with Gasteiger partial charge in [-0.05, 0) is 38.7 Å². The van der Waals surface area contributed by atoms with E-state index in [1.165, 1.54) is 0 Å². The summed E-state index contributed by atoms with van der Waals surface area (Å²) < 4.78 is 0. The molecule has 0 saturated heterocycles. The van der Waals surface area contributed by atoms with Crippen LogP contribution in [0.15, 0.2) is 11.6 Å². The van der Waals surface area contributed by atoms with Crippen molar-refractivity contribution in [1.29, 1.82) is 0 Å². The van der Waals surface area contributed by atoms with Crippen LogP contribution in [-0.4, -0.2) is 16.5 Å². The minimum absolute atomic E-state index is 0.0914. The number of allylic oxidation sites excluding steroid dienone is 2. The average molecular weight is 168 g/mol. The summed E-state index contributed by atoms with van der Waals surface area (Å²) in [6.07, 6.45) is 3.24. The molecule has 1 rings (SSSR count). The monoisotopic (exact) mass is 168 g/mol. The Bertz CT molecular complexity index is 220. The van der Waals surface area contributed by atoms with E-state index in [9.17, 15) is 9.90 Å². The zero-order chi connectivity index (χ0) is 9.35. The van der Waals surface area contributed by atoms with Crippen LogP contribution in [0.1, 0.15) is 33.6 Å². The van der Waals surface area contributed by atoms with Gasteiger partial charge in [0.2, 0.25) is 0 Å². The highest BCUT2D eigenvalue weighted by Crippen LogP contribution is 2.29. The maximum absolute atomic E-state index is 11.3. The van der Waals surface area contributed by atoms with Gasteiger partial charge in [-0.3, -0.25) is 4.79 Å². The predicted molar refractivity (Wildman–Crippen MR) is 47.8 cm³/mol. The molecule has 1 N–H and O–H groups in total. The Morgan fingerprint density at radius 1 is 1.58 bits per heavy atom. The molecule has 68 valence electrons. The summed E-state index contributed by atoms with van der Waals surface area (Å²) in [6, 6.07) is 0. The van der Waals surface area contributed by atoms with Gasteiger partial charge in [0, 0.05) is 6.42 Å². The van der Waals surface area contributed by atoms with E-state index in [1.54, 1.807) is 13.8 Å². The molecule has 0 aromatic rings. The lowest BCUT2D eigenvalue weighted by Gasteiger charge is -2.30. The van der Waals surface area contributed by atoms with Crippen molar-refractivity contribution < 1.29 is 9.90 Å². The minimum atomic E-state index is -0.729. The molecule has 0 saturated carbocycles. The van der Waals surface area contributed by atoms with Gasteiger partial charge in [-0.15, -0.1) is 0 Å². The molecule has 0 amide bonds. The highest BCUT2D eigenvalue weighted by atomic mass is 16.3. The Kier molecular flexibility index (Phi) is 2.38. The van der Waals surface area contributed by atoms with Crippen LogP contribution < -0.4 is 0 Å². The number of aliphatic hydroxyl groups is 1. The largest absolute Gasteiger partial charge is 0.390 e. The zero-order valence-corrected chi connectivity index (χ0v) is 7.92. The number of hydrogen-bond donors (Lipinski definition) is 1. The number of rotatable bonds is 1. The van der Waals surface area contributed by atoms with Crippen LogP contribution in [0.3, 0.4) is 0 Å². The average Bonchev–Trinajstić information content (AvgIpc) is 1.92. The zero-order valence-electron chi connectivity index (χ0n) is 7.92. The summed E-state index contributed by atoms with van der Waals surface area (Å²) in [5.74, 6) is 0.266. The van der Waals surface area contributed by atoms with E-state index in [2.05, 4.69) is 0 Å². The highest BCUT2D eigenvalue weighted by Gasteiger charge is 2.30. The third-order valence-corrected chi connectivity index (χ3v) is 2.58. The molecule has 2 heteroatoms. The van der Waals surface area contributed by atoms with Crippen molar-refractivity contribution in [1.82, 2.24) is 0 Å². The third kappa shape index (κ3) is 1.95. The number of Topliss-reactive ketones (excluding diaryl/α,β-unsaturated/α-hetero) is 1. The van der Waals surface area contributed by atoms with E-state index in [-0.39, 0.29) is 11.7 Å². The van der Waals surface area contributed by atoms with Crippen molar-refractivity contribution in [3.05, 3.63) is 11.6 Å². The molecule has 0 aliphatic heterocycles. The second-order valence-electron chi connectivity index (χ2n) is 4.10. The Morgan fingerprint density at radius 3 is 2.58 bits per heavy atom. The van der Waals surface area contributed by atoms with Crippen molar-refractivity contribution in [2.24, 2.45) is 5.92 Å². The maximum Gasteiger partial charge on any atom is 0.158 e. The fourth-order valence-electron chi connectivity index (χ4n) is 1.44. The Labute approximate surface area is 73.3 Å². The van der Waals surface area contributed by atoms with Crippen LogP contribution >= 0.6 is 0 Å². The summed E-state index contributed by atoms with van der Waals surface area (Å²) in [7, 11) is 0. The van der Waals surface area contributed by atoms with Crippen molar-refractivity contribution in [3.63, 3.8) is 0 Å². The van der Waals surface area contributed by atoms with E-state index in [0.717, 1.165) is 12.0 Å². The molecule has 0 spiro atoms. The molecule has 0 unspecified atom stereocenters. The Balaban J connectivity index is 2.72. The molecule has 0 bridgehead atoms. The van der Waals surface area contributed by atoms with Crippen LogP contribution in [0.25, 0.3) is 0 Å². The lowest BCUT2D eigenvalue weighted by atomic mass is 9.79. The molecule has 2 nitrogen and oxygen atoms in total. The van der Waals surface area contributed by atoms with Gasteiger partial charge in [0.25, 0.3) is 0 Å².